The number of fused-ring (bicyclic) bond motifs is 8. The Balaban J connectivity index is 0.000000123. The first-order chi connectivity index (χ1) is 23.9. The van der Waals surface area contributed by atoms with Crippen LogP contribution in [0.5, 0.6) is 0 Å². The summed E-state index contributed by atoms with van der Waals surface area (Å²) in [5, 5.41) is 15.7. The first-order valence-corrected chi connectivity index (χ1v) is 20.6. The van der Waals surface area contributed by atoms with Crippen molar-refractivity contribution in [1.82, 2.24) is 15.1 Å². The molecule has 6 fully saturated rings. The van der Waals surface area contributed by atoms with Crippen LogP contribution in [0.1, 0.15) is 86.8 Å². The lowest BCUT2D eigenvalue weighted by Crippen LogP contribution is -2.42. The molecule has 6 atom stereocenters. The summed E-state index contributed by atoms with van der Waals surface area (Å²) < 4.78 is 15.1. The predicted octanol–water partition coefficient (Wildman–Crippen LogP) is 8.77. The molecule has 4 aromatic rings. The molecule has 6 bridgehead atoms. The molecule has 0 saturated carbocycles. The van der Waals surface area contributed by atoms with Gasteiger partial charge in [0, 0.05) is 55.4 Å². The van der Waals surface area contributed by atoms with Crippen LogP contribution in [0.15, 0.2) is 60.7 Å². The third-order valence-electron chi connectivity index (χ3n) is 12.4. The van der Waals surface area contributed by atoms with Crippen LogP contribution in [0.4, 0.5) is 0 Å². The van der Waals surface area contributed by atoms with Gasteiger partial charge in [-0.15, -0.1) is 35.1 Å². The number of ether oxygens (including phenoxy) is 2. The molecule has 6 aliphatic rings. The summed E-state index contributed by atoms with van der Waals surface area (Å²) in [4.78, 5) is 7.72. The quantitative estimate of drug-likeness (QED) is 0.207. The Morgan fingerprint density at radius 1 is 0.620 bits per heavy atom. The molecule has 2 aromatic carbocycles. The van der Waals surface area contributed by atoms with Crippen LogP contribution in [0.2, 0.25) is 0 Å². The maximum Gasteiger partial charge on any atom is 0.0813 e. The van der Waals surface area contributed by atoms with Crippen molar-refractivity contribution in [2.75, 3.05) is 14.1 Å². The largest absolute Gasteiger partial charge is 0.393 e. The highest BCUT2D eigenvalue weighted by Crippen LogP contribution is 2.37. The molecule has 0 aliphatic carbocycles. The number of aliphatic hydroxyl groups is 1. The summed E-state index contributed by atoms with van der Waals surface area (Å²) in [6, 6.07) is 26.1. The third-order valence-corrected chi connectivity index (χ3v) is 14.6. The molecule has 0 radical (unpaired) electrons. The lowest BCUT2D eigenvalue weighted by atomic mass is 10.0. The number of rotatable bonds is 6. The number of piperidine rings is 3. The minimum absolute atomic E-state index is 0. The van der Waals surface area contributed by atoms with E-state index in [2.05, 4.69) is 89.9 Å². The van der Waals surface area contributed by atoms with Crippen LogP contribution in [-0.4, -0.2) is 83.6 Å². The number of thiophene rings is 2. The van der Waals surface area contributed by atoms with Gasteiger partial charge in [-0.3, -0.25) is 0 Å². The maximum atomic E-state index is 9.38. The molecule has 2 N–H and O–H groups in total. The number of halogens is 1. The van der Waals surface area contributed by atoms with Gasteiger partial charge in [0.25, 0.3) is 0 Å². The van der Waals surface area contributed by atoms with E-state index in [1.54, 1.807) is 0 Å². The Labute approximate surface area is 312 Å². The van der Waals surface area contributed by atoms with Gasteiger partial charge < -0.3 is 29.7 Å². The monoisotopic (exact) mass is 737 g/mol. The Kier molecular flexibility index (Phi) is 12.2. The molecular formula is C41H56ClN3O3S2. The number of nitrogens with zero attached hydrogens (tertiary/aromatic N) is 2. The minimum Gasteiger partial charge on any atom is -0.393 e. The van der Waals surface area contributed by atoms with Gasteiger partial charge >= 0.3 is 0 Å². The number of benzene rings is 2. The van der Waals surface area contributed by atoms with Crippen molar-refractivity contribution in [2.45, 2.75) is 145 Å². The summed E-state index contributed by atoms with van der Waals surface area (Å²) in [7, 11) is 4.47. The third kappa shape index (κ3) is 8.61. The average molecular weight is 739 g/mol. The zero-order valence-corrected chi connectivity index (χ0v) is 32.2. The Morgan fingerprint density at radius 3 is 1.50 bits per heavy atom. The van der Waals surface area contributed by atoms with Crippen LogP contribution in [0.3, 0.4) is 0 Å². The fourth-order valence-electron chi connectivity index (χ4n) is 9.64. The molecule has 0 amide bonds. The molecule has 6 aliphatic heterocycles. The highest BCUT2D eigenvalue weighted by atomic mass is 35.5. The SMILES string of the molecule is CN1C2CCC1CC(O)C2.CN1C2CCC1CC(OCc1cc3ccccc3s1)C2.Cl.c1ccc2sc(COC3CC4CCC(C3)N4)cc2c1. The Morgan fingerprint density at radius 2 is 1.04 bits per heavy atom. The van der Waals surface area contributed by atoms with Gasteiger partial charge in [0.2, 0.25) is 0 Å². The van der Waals surface area contributed by atoms with Crippen molar-refractivity contribution in [2.24, 2.45) is 0 Å². The van der Waals surface area contributed by atoms with Gasteiger partial charge in [0.15, 0.2) is 0 Å². The molecule has 2 aromatic heterocycles. The van der Waals surface area contributed by atoms with Crippen LogP contribution in [0, 0.1) is 0 Å². The second-order valence-electron chi connectivity index (χ2n) is 15.7. The first kappa shape index (κ1) is 36.8. The van der Waals surface area contributed by atoms with Gasteiger partial charge in [-0.25, -0.2) is 0 Å². The van der Waals surface area contributed by atoms with Gasteiger partial charge in [-0.05, 0) is 126 Å². The highest BCUT2D eigenvalue weighted by molar-refractivity contribution is 7.19. The van der Waals surface area contributed by atoms with Crippen molar-refractivity contribution >= 4 is 55.3 Å². The summed E-state index contributed by atoms with van der Waals surface area (Å²) in [6.45, 7) is 1.57. The fourth-order valence-corrected chi connectivity index (χ4v) is 11.6. The molecule has 6 nitrogen and oxygen atoms in total. The van der Waals surface area contributed by atoms with Gasteiger partial charge in [0.1, 0.15) is 0 Å². The van der Waals surface area contributed by atoms with E-state index in [0.717, 1.165) is 38.1 Å². The zero-order chi connectivity index (χ0) is 33.3. The second kappa shape index (κ2) is 16.6. The molecule has 9 heteroatoms. The van der Waals surface area contributed by atoms with Crippen LogP contribution in [-0.2, 0) is 22.7 Å². The van der Waals surface area contributed by atoms with E-state index in [1.165, 1.54) is 94.1 Å². The maximum absolute atomic E-state index is 9.38. The second-order valence-corrected chi connectivity index (χ2v) is 18.0. The normalized spacial score (nSPS) is 33.1. The zero-order valence-electron chi connectivity index (χ0n) is 29.8. The molecule has 10 rings (SSSR count). The molecule has 8 heterocycles. The van der Waals surface area contributed by atoms with Gasteiger partial charge in [0.05, 0.1) is 31.5 Å². The summed E-state index contributed by atoms with van der Waals surface area (Å²) in [5.74, 6) is 0. The number of hydrogen-bond donors (Lipinski definition) is 2. The Hall–Kier alpha value is -1.59. The summed E-state index contributed by atoms with van der Waals surface area (Å²) >= 11 is 3.73. The van der Waals surface area contributed by atoms with E-state index < -0.39 is 0 Å². The lowest BCUT2D eigenvalue weighted by molar-refractivity contribution is -0.0201. The van der Waals surface area contributed by atoms with E-state index >= 15 is 0 Å². The lowest BCUT2D eigenvalue weighted by Gasteiger charge is -2.36. The van der Waals surface area contributed by atoms with Crippen LogP contribution in [0.25, 0.3) is 20.2 Å². The summed E-state index contributed by atoms with van der Waals surface area (Å²) in [5.41, 5.74) is 0. The molecule has 6 saturated heterocycles. The van der Waals surface area contributed by atoms with E-state index in [4.69, 9.17) is 9.47 Å². The Bertz CT molecular complexity index is 1570. The topological polar surface area (TPSA) is 57.2 Å². The van der Waals surface area contributed by atoms with Gasteiger partial charge in [-0.1, -0.05) is 36.4 Å². The highest BCUT2D eigenvalue weighted by Gasteiger charge is 2.39. The molecule has 272 valence electrons. The number of hydrogen-bond acceptors (Lipinski definition) is 8. The van der Waals surface area contributed by atoms with Crippen molar-refractivity contribution in [3.63, 3.8) is 0 Å². The van der Waals surface area contributed by atoms with Crippen molar-refractivity contribution < 1.29 is 14.6 Å². The minimum atomic E-state index is -0.00583. The van der Waals surface area contributed by atoms with Gasteiger partial charge in [-0.2, -0.15) is 0 Å². The number of nitrogens with one attached hydrogen (secondary N) is 1. The summed E-state index contributed by atoms with van der Waals surface area (Å²) in [6.07, 6.45) is 15.8. The molecule has 6 unspecified atom stereocenters. The smallest absolute Gasteiger partial charge is 0.0813 e. The van der Waals surface area contributed by atoms with E-state index in [9.17, 15) is 5.11 Å². The molecule has 50 heavy (non-hydrogen) atoms. The van der Waals surface area contributed by atoms with E-state index in [1.807, 2.05) is 22.7 Å². The van der Waals surface area contributed by atoms with Crippen molar-refractivity contribution in [3.05, 3.63) is 70.4 Å². The predicted molar refractivity (Wildman–Crippen MR) is 211 cm³/mol. The van der Waals surface area contributed by atoms with E-state index in [-0.39, 0.29) is 18.5 Å². The van der Waals surface area contributed by atoms with Crippen LogP contribution < -0.4 is 5.32 Å². The van der Waals surface area contributed by atoms with Crippen molar-refractivity contribution in [1.29, 1.82) is 0 Å². The first-order valence-electron chi connectivity index (χ1n) is 19.0. The molecular weight excluding hydrogens is 682 g/mol. The molecule has 0 spiro atoms. The van der Waals surface area contributed by atoms with E-state index in [0.29, 0.717) is 36.4 Å². The number of aliphatic hydroxyl groups excluding tert-OH is 1. The average Bonchev–Trinajstić information content (AvgIpc) is 3.89. The standard InChI is InChI=1S/C17H21NOS.C16H19NOS.C8H15NO.ClH/c1-18-13-6-7-14(18)10-15(9-13)19-11-16-8-12-4-2-3-5-17(12)20-16;1-2-4-16-11(3-1)7-15(19-16)10-18-14-8-12-5-6-13(9-14)17-12;1-9-6-2-3-7(9)5-8(10)4-6;/h2-5,8,13-15H,6-7,9-11H2,1H3;1-4,7,12-14,17H,5-6,8-10H2;6-8,10H,2-5H2,1H3;1H. The fraction of sp³-hybridized carbons (Fsp3) is 0.610. The van der Waals surface area contributed by atoms with Crippen LogP contribution >= 0.6 is 35.1 Å². The van der Waals surface area contributed by atoms with Crippen molar-refractivity contribution in [3.8, 4) is 0 Å².